The predicted molar refractivity (Wildman–Crippen MR) is 130 cm³/mol. The Labute approximate surface area is 205 Å². The summed E-state index contributed by atoms with van der Waals surface area (Å²) in [6.07, 6.45) is 1.59. The molecule has 9 heteroatoms. The Morgan fingerprint density at radius 1 is 1.11 bits per heavy atom. The monoisotopic (exact) mass is 480 g/mol. The van der Waals surface area contributed by atoms with Gasteiger partial charge in [0.1, 0.15) is 5.75 Å². The summed E-state index contributed by atoms with van der Waals surface area (Å²) in [6, 6.07) is 13.3. The Morgan fingerprint density at radius 3 is 2.66 bits per heavy atom. The summed E-state index contributed by atoms with van der Waals surface area (Å²) in [5.41, 5.74) is 1.82. The molecule has 1 saturated heterocycles. The number of hydrogen-bond donors (Lipinski definition) is 1. The van der Waals surface area contributed by atoms with E-state index >= 15 is 0 Å². The first-order valence-corrected chi connectivity index (χ1v) is 11.9. The summed E-state index contributed by atoms with van der Waals surface area (Å²) in [4.78, 5) is 19.5. The zero-order chi connectivity index (χ0) is 24.6. The second-order valence-corrected chi connectivity index (χ2v) is 8.43. The van der Waals surface area contributed by atoms with Crippen molar-refractivity contribution in [2.45, 2.75) is 32.9 Å². The Hall–Kier alpha value is -3.59. The van der Waals surface area contributed by atoms with E-state index in [2.05, 4.69) is 20.4 Å². The van der Waals surface area contributed by atoms with Gasteiger partial charge in [0.2, 0.25) is 17.6 Å². The van der Waals surface area contributed by atoms with Crippen LogP contribution in [0, 0.1) is 5.92 Å². The number of amides is 1. The number of ether oxygens (including phenoxy) is 3. The van der Waals surface area contributed by atoms with E-state index in [9.17, 15) is 4.79 Å². The van der Waals surface area contributed by atoms with Crippen molar-refractivity contribution in [3.63, 3.8) is 0 Å². The maximum atomic E-state index is 12.7. The summed E-state index contributed by atoms with van der Waals surface area (Å²) < 4.78 is 21.6. The van der Waals surface area contributed by atoms with Gasteiger partial charge in [0, 0.05) is 18.0 Å². The van der Waals surface area contributed by atoms with Crippen molar-refractivity contribution in [3.05, 3.63) is 53.9 Å². The molecule has 186 valence electrons. The van der Waals surface area contributed by atoms with Gasteiger partial charge >= 0.3 is 0 Å². The standard InChI is InChI=1S/C26H32N4O5/c1-4-34-21-7-5-6-18(14-21)16-27-26(31)19-10-12-30(13-11-19)17-24-28-25(29-35-24)20-8-9-22(32-2)23(15-20)33-3/h5-9,14-15,19H,4,10-13,16-17H2,1-3H3,(H,27,31). The number of carbonyl (C=O) groups excluding carboxylic acids is 1. The fourth-order valence-electron chi connectivity index (χ4n) is 4.20. The van der Waals surface area contributed by atoms with Crippen molar-refractivity contribution < 1.29 is 23.5 Å². The molecule has 0 atom stereocenters. The van der Waals surface area contributed by atoms with Gasteiger partial charge in [-0.1, -0.05) is 17.3 Å². The summed E-state index contributed by atoms with van der Waals surface area (Å²) in [5, 5.41) is 7.18. The van der Waals surface area contributed by atoms with E-state index < -0.39 is 0 Å². The predicted octanol–water partition coefficient (Wildman–Crippen LogP) is 3.68. The summed E-state index contributed by atoms with van der Waals surface area (Å²) in [7, 11) is 3.19. The lowest BCUT2D eigenvalue weighted by atomic mass is 9.96. The van der Waals surface area contributed by atoms with Crippen molar-refractivity contribution in [1.82, 2.24) is 20.4 Å². The number of likely N-dealkylation sites (tertiary alicyclic amines) is 1. The van der Waals surface area contributed by atoms with E-state index in [0.717, 1.165) is 42.8 Å². The van der Waals surface area contributed by atoms with Crippen LogP contribution in [0.1, 0.15) is 31.2 Å². The highest BCUT2D eigenvalue weighted by Gasteiger charge is 2.26. The molecule has 0 spiro atoms. The van der Waals surface area contributed by atoms with Crippen LogP contribution in [-0.2, 0) is 17.9 Å². The number of aromatic nitrogens is 2. The zero-order valence-corrected chi connectivity index (χ0v) is 20.5. The van der Waals surface area contributed by atoms with Gasteiger partial charge < -0.3 is 24.1 Å². The first-order valence-electron chi connectivity index (χ1n) is 11.9. The van der Waals surface area contributed by atoms with Crippen molar-refractivity contribution >= 4 is 5.91 Å². The molecule has 0 bridgehead atoms. The molecular weight excluding hydrogens is 448 g/mol. The fourth-order valence-corrected chi connectivity index (χ4v) is 4.20. The van der Waals surface area contributed by atoms with Gasteiger partial charge in [-0.2, -0.15) is 4.98 Å². The number of hydrogen-bond acceptors (Lipinski definition) is 8. The maximum Gasteiger partial charge on any atom is 0.241 e. The topological polar surface area (TPSA) is 99.0 Å². The summed E-state index contributed by atoms with van der Waals surface area (Å²) >= 11 is 0. The van der Waals surface area contributed by atoms with Crippen LogP contribution in [-0.4, -0.2) is 54.9 Å². The molecule has 9 nitrogen and oxygen atoms in total. The van der Waals surface area contributed by atoms with E-state index in [-0.39, 0.29) is 11.8 Å². The van der Waals surface area contributed by atoms with E-state index in [1.807, 2.05) is 49.4 Å². The molecule has 0 unspecified atom stereocenters. The Bertz CT molecular complexity index is 1120. The van der Waals surface area contributed by atoms with E-state index in [1.165, 1.54) is 0 Å². The van der Waals surface area contributed by atoms with Crippen molar-refractivity contribution in [3.8, 4) is 28.6 Å². The normalized spacial score (nSPS) is 14.5. The summed E-state index contributed by atoms with van der Waals surface area (Å²) in [6.45, 7) is 5.23. The fraction of sp³-hybridized carbons (Fsp3) is 0.423. The number of benzene rings is 2. The Morgan fingerprint density at radius 2 is 1.91 bits per heavy atom. The third-order valence-electron chi connectivity index (χ3n) is 6.10. The van der Waals surface area contributed by atoms with Crippen molar-refractivity contribution in [2.24, 2.45) is 5.92 Å². The summed E-state index contributed by atoms with van der Waals surface area (Å²) in [5.74, 6) is 3.23. The minimum atomic E-state index is 0.00587. The minimum absolute atomic E-state index is 0.00587. The lowest BCUT2D eigenvalue weighted by molar-refractivity contribution is -0.126. The Kier molecular flexibility index (Phi) is 8.20. The molecule has 1 N–H and O–H groups in total. The van der Waals surface area contributed by atoms with E-state index in [4.69, 9.17) is 18.7 Å². The van der Waals surface area contributed by atoms with E-state index in [1.54, 1.807) is 14.2 Å². The first kappa shape index (κ1) is 24.5. The van der Waals surface area contributed by atoms with Gasteiger partial charge in [-0.05, 0) is 68.8 Å². The third-order valence-corrected chi connectivity index (χ3v) is 6.10. The van der Waals surface area contributed by atoms with Crippen LogP contribution in [0.15, 0.2) is 47.0 Å². The molecule has 1 amide bonds. The largest absolute Gasteiger partial charge is 0.494 e. The van der Waals surface area contributed by atoms with Gasteiger partial charge in [0.25, 0.3) is 0 Å². The molecule has 0 saturated carbocycles. The Balaban J connectivity index is 1.25. The van der Waals surface area contributed by atoms with Gasteiger partial charge in [-0.25, -0.2) is 0 Å². The molecule has 3 aromatic rings. The van der Waals surface area contributed by atoms with Gasteiger partial charge in [0.05, 0.1) is 27.4 Å². The van der Waals surface area contributed by atoms with Crippen molar-refractivity contribution in [2.75, 3.05) is 33.9 Å². The lowest BCUT2D eigenvalue weighted by Crippen LogP contribution is -2.40. The van der Waals surface area contributed by atoms with E-state index in [0.29, 0.717) is 42.9 Å². The average molecular weight is 481 g/mol. The van der Waals surface area contributed by atoms with Crippen LogP contribution in [0.25, 0.3) is 11.4 Å². The zero-order valence-electron chi connectivity index (χ0n) is 20.5. The van der Waals surface area contributed by atoms with Crippen molar-refractivity contribution in [1.29, 1.82) is 0 Å². The first-order chi connectivity index (χ1) is 17.1. The third kappa shape index (κ3) is 6.30. The molecule has 4 rings (SSSR count). The molecule has 2 heterocycles. The average Bonchev–Trinajstić information content (AvgIpc) is 3.36. The van der Waals surface area contributed by atoms with Crippen LogP contribution in [0.5, 0.6) is 17.2 Å². The minimum Gasteiger partial charge on any atom is -0.494 e. The number of piperidine rings is 1. The highest BCUT2D eigenvalue weighted by atomic mass is 16.5. The molecule has 0 aliphatic carbocycles. The molecule has 2 aromatic carbocycles. The highest BCUT2D eigenvalue weighted by Crippen LogP contribution is 2.31. The molecule has 1 fully saturated rings. The molecule has 1 aliphatic rings. The van der Waals surface area contributed by atoms with Crippen LogP contribution in [0.4, 0.5) is 0 Å². The quantitative estimate of drug-likeness (QED) is 0.469. The molecule has 0 radical (unpaired) electrons. The second-order valence-electron chi connectivity index (χ2n) is 8.43. The van der Waals surface area contributed by atoms with Crippen LogP contribution in [0.3, 0.4) is 0 Å². The highest BCUT2D eigenvalue weighted by molar-refractivity contribution is 5.78. The molecule has 1 aromatic heterocycles. The SMILES string of the molecule is CCOc1cccc(CNC(=O)C2CCN(Cc3nc(-c4ccc(OC)c(OC)c4)no3)CC2)c1. The number of carbonyl (C=O) groups is 1. The number of nitrogens with zero attached hydrogens (tertiary/aromatic N) is 3. The lowest BCUT2D eigenvalue weighted by Gasteiger charge is -2.30. The molecular formula is C26H32N4O5. The van der Waals surface area contributed by atoms with Gasteiger partial charge in [-0.3, -0.25) is 9.69 Å². The van der Waals surface area contributed by atoms with Gasteiger partial charge in [0.15, 0.2) is 11.5 Å². The van der Waals surface area contributed by atoms with Crippen LogP contribution < -0.4 is 19.5 Å². The number of rotatable bonds is 10. The van der Waals surface area contributed by atoms with Crippen LogP contribution in [0.2, 0.25) is 0 Å². The smallest absolute Gasteiger partial charge is 0.241 e. The second kappa shape index (κ2) is 11.7. The molecule has 1 aliphatic heterocycles. The van der Waals surface area contributed by atoms with Crippen LogP contribution >= 0.6 is 0 Å². The maximum absolute atomic E-state index is 12.7. The molecule has 35 heavy (non-hydrogen) atoms. The number of nitrogens with one attached hydrogen (secondary N) is 1. The number of methoxy groups -OCH3 is 2. The van der Waals surface area contributed by atoms with Gasteiger partial charge in [-0.15, -0.1) is 0 Å².